The van der Waals surface area contributed by atoms with Crippen molar-refractivity contribution in [1.29, 1.82) is 0 Å². The van der Waals surface area contributed by atoms with E-state index in [0.29, 0.717) is 23.3 Å². The summed E-state index contributed by atoms with van der Waals surface area (Å²) in [7, 11) is 4.41. The highest BCUT2D eigenvalue weighted by atomic mass is 16.3. The molecule has 4 nitrogen and oxygen atoms in total. The van der Waals surface area contributed by atoms with E-state index in [1.165, 1.54) is 25.7 Å². The van der Waals surface area contributed by atoms with E-state index in [9.17, 15) is 9.90 Å². The zero-order chi connectivity index (χ0) is 23.4. The molecule has 4 aliphatic carbocycles. The van der Waals surface area contributed by atoms with Gasteiger partial charge in [0.05, 0.1) is 12.1 Å². The molecule has 9 atom stereocenters. The maximum absolute atomic E-state index is 12.3. The second-order valence-electron chi connectivity index (χ2n) is 12.4. The van der Waals surface area contributed by atoms with Crippen molar-refractivity contribution < 1.29 is 9.90 Å². The number of allylic oxidation sites excluding steroid dienone is 2. The molecule has 4 aliphatic rings. The standard InChI is InChI=1S/C28H46N2O2/c1-17(2)16-25(31)29-24-13-15-28(5)22-12-14-27(4)20(18(3)30(6)7)10-11-21(27)19(22)8-9-23(28)26(24)32/h10,16,18-19,21-24,26,32H,8-9,11-15H2,1-7H3,(H,29,31)/t18-,19-,21-,22-,23-,24-,26+,27+,28+/m0/s1. The van der Waals surface area contributed by atoms with Crippen LogP contribution < -0.4 is 5.32 Å². The van der Waals surface area contributed by atoms with Crippen molar-refractivity contribution in [3.8, 4) is 0 Å². The number of aliphatic hydroxyl groups excluding tert-OH is 1. The molecule has 0 aliphatic heterocycles. The second-order valence-corrected chi connectivity index (χ2v) is 12.4. The summed E-state index contributed by atoms with van der Waals surface area (Å²) in [6.45, 7) is 11.3. The van der Waals surface area contributed by atoms with Gasteiger partial charge in [0.25, 0.3) is 0 Å². The fraction of sp³-hybridized carbons (Fsp3) is 0.821. The predicted octanol–water partition coefficient (Wildman–Crippen LogP) is 4.94. The normalized spacial score (nSPS) is 44.1. The number of aliphatic hydroxyl groups is 1. The third-order valence-electron chi connectivity index (χ3n) is 10.4. The number of rotatable bonds is 4. The van der Waals surface area contributed by atoms with E-state index in [1.807, 2.05) is 13.8 Å². The number of amides is 1. The molecule has 3 fully saturated rings. The number of carbonyl (C=O) groups excluding carboxylic acids is 1. The molecule has 3 saturated carbocycles. The van der Waals surface area contributed by atoms with Crippen molar-refractivity contribution in [3.05, 3.63) is 23.3 Å². The van der Waals surface area contributed by atoms with E-state index in [-0.39, 0.29) is 17.4 Å². The van der Waals surface area contributed by atoms with Crippen LogP contribution in [-0.4, -0.2) is 48.2 Å². The molecule has 0 bridgehead atoms. The summed E-state index contributed by atoms with van der Waals surface area (Å²) >= 11 is 0. The Hall–Kier alpha value is -1.13. The largest absolute Gasteiger partial charge is 0.391 e. The van der Waals surface area contributed by atoms with Gasteiger partial charge in [0, 0.05) is 12.1 Å². The van der Waals surface area contributed by atoms with Gasteiger partial charge in [0.2, 0.25) is 5.91 Å². The highest BCUT2D eigenvalue weighted by Crippen LogP contribution is 2.66. The number of nitrogens with one attached hydrogen (secondary N) is 1. The van der Waals surface area contributed by atoms with Gasteiger partial charge in [-0.05, 0) is 114 Å². The first-order valence-electron chi connectivity index (χ1n) is 13.0. The molecule has 1 amide bonds. The lowest BCUT2D eigenvalue weighted by molar-refractivity contribution is -0.149. The predicted molar refractivity (Wildman–Crippen MR) is 131 cm³/mol. The number of carbonyl (C=O) groups is 1. The van der Waals surface area contributed by atoms with Crippen LogP contribution in [0.3, 0.4) is 0 Å². The van der Waals surface area contributed by atoms with E-state index >= 15 is 0 Å². The molecule has 0 aromatic carbocycles. The van der Waals surface area contributed by atoms with Crippen molar-refractivity contribution in [2.75, 3.05) is 14.1 Å². The molecule has 0 unspecified atom stereocenters. The summed E-state index contributed by atoms with van der Waals surface area (Å²) in [5, 5.41) is 14.5. The number of hydrogen-bond donors (Lipinski definition) is 2. The van der Waals surface area contributed by atoms with E-state index in [2.05, 4.69) is 51.2 Å². The van der Waals surface area contributed by atoms with Gasteiger partial charge in [-0.15, -0.1) is 0 Å². The molecule has 0 radical (unpaired) electrons. The van der Waals surface area contributed by atoms with E-state index in [1.54, 1.807) is 11.6 Å². The number of likely N-dealkylation sites (N-methyl/N-ethyl adjacent to an activating group) is 1. The first kappa shape index (κ1) is 24.0. The highest BCUT2D eigenvalue weighted by Gasteiger charge is 2.60. The molecular weight excluding hydrogens is 396 g/mol. The molecular formula is C28H46N2O2. The van der Waals surface area contributed by atoms with Gasteiger partial charge in [0.1, 0.15) is 0 Å². The minimum absolute atomic E-state index is 0.0562. The van der Waals surface area contributed by atoms with Crippen LogP contribution in [-0.2, 0) is 4.79 Å². The Bertz CT molecular complexity index is 797. The Balaban J connectivity index is 1.51. The summed E-state index contributed by atoms with van der Waals surface area (Å²) in [5.74, 6) is 2.46. The smallest absolute Gasteiger partial charge is 0.244 e. The maximum atomic E-state index is 12.3. The molecule has 180 valence electrons. The lowest BCUT2D eigenvalue weighted by Crippen LogP contribution is -2.61. The molecule has 4 rings (SSSR count). The van der Waals surface area contributed by atoms with E-state index < -0.39 is 6.10 Å². The molecule has 0 aromatic heterocycles. The van der Waals surface area contributed by atoms with Crippen LogP contribution in [0.2, 0.25) is 0 Å². The fourth-order valence-corrected chi connectivity index (χ4v) is 8.51. The van der Waals surface area contributed by atoms with Crippen molar-refractivity contribution in [2.45, 2.75) is 97.8 Å². The highest BCUT2D eigenvalue weighted by molar-refractivity contribution is 5.88. The lowest BCUT2D eigenvalue weighted by atomic mass is 9.44. The van der Waals surface area contributed by atoms with Crippen molar-refractivity contribution in [1.82, 2.24) is 10.2 Å². The number of fused-ring (bicyclic) bond motifs is 5. The van der Waals surface area contributed by atoms with Crippen molar-refractivity contribution in [3.63, 3.8) is 0 Å². The van der Waals surface area contributed by atoms with Crippen molar-refractivity contribution in [2.24, 2.45) is 34.5 Å². The Kier molecular flexibility index (Phi) is 6.44. The van der Waals surface area contributed by atoms with Crippen LogP contribution >= 0.6 is 0 Å². The lowest BCUT2D eigenvalue weighted by Gasteiger charge is -2.62. The summed E-state index contributed by atoms with van der Waals surface area (Å²) in [4.78, 5) is 14.7. The van der Waals surface area contributed by atoms with E-state index in [4.69, 9.17) is 0 Å². The molecule has 0 saturated heterocycles. The third kappa shape index (κ3) is 3.79. The summed E-state index contributed by atoms with van der Waals surface area (Å²) in [6.07, 6.45) is 11.9. The third-order valence-corrected chi connectivity index (χ3v) is 10.4. The maximum Gasteiger partial charge on any atom is 0.244 e. The van der Waals surface area contributed by atoms with Gasteiger partial charge in [-0.3, -0.25) is 4.79 Å². The molecule has 0 heterocycles. The zero-order valence-electron chi connectivity index (χ0n) is 21.4. The molecule has 0 aromatic rings. The molecule has 32 heavy (non-hydrogen) atoms. The van der Waals surface area contributed by atoms with Crippen LogP contribution in [0, 0.1) is 34.5 Å². The first-order chi connectivity index (χ1) is 15.0. The van der Waals surface area contributed by atoms with E-state index in [0.717, 1.165) is 36.7 Å². The monoisotopic (exact) mass is 442 g/mol. The minimum atomic E-state index is -0.427. The number of hydrogen-bond acceptors (Lipinski definition) is 3. The van der Waals surface area contributed by atoms with Gasteiger partial charge in [0.15, 0.2) is 0 Å². The second kappa shape index (κ2) is 8.58. The molecule has 0 spiro atoms. The fourth-order valence-electron chi connectivity index (χ4n) is 8.51. The summed E-state index contributed by atoms with van der Waals surface area (Å²) in [6, 6.07) is 0.400. The minimum Gasteiger partial charge on any atom is -0.391 e. The Morgan fingerprint density at radius 1 is 1.12 bits per heavy atom. The van der Waals surface area contributed by atoms with Gasteiger partial charge in [-0.2, -0.15) is 0 Å². The average molecular weight is 443 g/mol. The van der Waals surface area contributed by atoms with Crippen molar-refractivity contribution >= 4 is 5.91 Å². The Morgan fingerprint density at radius 2 is 1.84 bits per heavy atom. The number of nitrogens with zero attached hydrogens (tertiary/aromatic N) is 1. The van der Waals surface area contributed by atoms with Crippen LogP contribution in [0.25, 0.3) is 0 Å². The Labute approximate surface area is 195 Å². The van der Waals surface area contributed by atoms with Gasteiger partial charge in [-0.25, -0.2) is 0 Å². The van der Waals surface area contributed by atoms with Gasteiger partial charge < -0.3 is 15.3 Å². The van der Waals surface area contributed by atoms with Crippen LogP contribution in [0.15, 0.2) is 23.3 Å². The topological polar surface area (TPSA) is 52.6 Å². The quantitative estimate of drug-likeness (QED) is 0.479. The summed E-state index contributed by atoms with van der Waals surface area (Å²) < 4.78 is 0. The SMILES string of the molecule is CC(C)=CC(=O)N[C@H]1CC[C@@]2(C)[C@@H](CC[C@@H]3[C@@H]2CC[C@]2(C)C([C@H](C)N(C)C)=CC[C@@H]32)[C@H]1O. The van der Waals surface area contributed by atoms with Gasteiger partial charge >= 0.3 is 0 Å². The van der Waals surface area contributed by atoms with Crippen LogP contribution in [0.5, 0.6) is 0 Å². The average Bonchev–Trinajstić information content (AvgIpc) is 3.06. The van der Waals surface area contributed by atoms with Crippen LogP contribution in [0.1, 0.15) is 79.6 Å². The molecule has 4 heteroatoms. The van der Waals surface area contributed by atoms with Crippen LogP contribution in [0.4, 0.5) is 0 Å². The Morgan fingerprint density at radius 3 is 2.50 bits per heavy atom. The van der Waals surface area contributed by atoms with Gasteiger partial charge in [-0.1, -0.05) is 31.1 Å². The molecule has 2 N–H and O–H groups in total. The summed E-state index contributed by atoms with van der Waals surface area (Å²) in [5.41, 5.74) is 3.19. The first-order valence-corrected chi connectivity index (χ1v) is 13.0. The zero-order valence-corrected chi connectivity index (χ0v) is 21.4.